The Morgan fingerprint density at radius 1 is 1.44 bits per heavy atom. The summed E-state index contributed by atoms with van der Waals surface area (Å²) in [4.78, 5) is 0. The molecule has 0 atom stereocenters. The Morgan fingerprint density at radius 2 is 2.00 bits per heavy atom. The summed E-state index contributed by atoms with van der Waals surface area (Å²) < 4.78 is 0. The molecule has 9 heavy (non-hydrogen) atoms. The zero-order valence-electron chi connectivity index (χ0n) is 6.52. The lowest BCUT2D eigenvalue weighted by atomic mass is 10.6. The van der Waals surface area contributed by atoms with Crippen molar-refractivity contribution in [1.82, 2.24) is 16.0 Å². The summed E-state index contributed by atoms with van der Waals surface area (Å²) in [5.41, 5.74) is 6.91. The highest BCUT2D eigenvalue weighted by Gasteiger charge is 1.97. The third-order valence-electron chi connectivity index (χ3n) is 0.817. The molecule has 0 spiro atoms. The normalized spacial score (nSPS) is 15.6. The highest BCUT2D eigenvalue weighted by atomic mass is 15.7. The van der Waals surface area contributed by atoms with Crippen LogP contribution in [0.2, 0.25) is 0 Å². The van der Waals surface area contributed by atoms with Crippen LogP contribution in [0.1, 0.15) is 20.8 Å². The van der Waals surface area contributed by atoms with Gasteiger partial charge in [0.1, 0.15) is 0 Å². The number of rotatable bonds is 0. The maximum Gasteiger partial charge on any atom is 0.0422 e. The molecule has 0 saturated heterocycles. The fraction of sp³-hybridized carbons (Fsp3) is 0.667. The topological polar surface area (TPSA) is 27.3 Å². The Kier molecular flexibility index (Phi) is 3.88. The van der Waals surface area contributed by atoms with Crippen LogP contribution in [-0.2, 0) is 0 Å². The summed E-state index contributed by atoms with van der Waals surface area (Å²) in [6.07, 6.45) is 1.97. The van der Waals surface area contributed by atoms with Crippen molar-refractivity contribution in [3.05, 3.63) is 11.9 Å². The van der Waals surface area contributed by atoms with E-state index < -0.39 is 0 Å². The molecule has 3 heteroatoms. The second kappa shape index (κ2) is 4.21. The highest BCUT2D eigenvalue weighted by molar-refractivity contribution is 4.95. The van der Waals surface area contributed by atoms with E-state index in [1.165, 1.54) is 0 Å². The maximum absolute atomic E-state index is 2.91. The first-order valence-electron chi connectivity index (χ1n) is 3.22. The van der Waals surface area contributed by atoms with Gasteiger partial charge < -0.3 is 5.43 Å². The summed E-state index contributed by atoms with van der Waals surface area (Å²) in [6, 6.07) is 0. The van der Waals surface area contributed by atoms with Gasteiger partial charge in [-0.1, -0.05) is 13.8 Å². The SMILES string of the molecule is CC.CC1=CN(C)NN1. The van der Waals surface area contributed by atoms with Crippen LogP contribution in [-0.4, -0.2) is 12.1 Å². The number of hydrazine groups is 2. The molecular formula is C6H15N3. The molecule has 0 saturated carbocycles. The largest absolute Gasteiger partial charge is 0.307 e. The highest BCUT2D eigenvalue weighted by Crippen LogP contribution is 1.91. The number of hydrogen-bond acceptors (Lipinski definition) is 3. The molecule has 0 aromatic carbocycles. The van der Waals surface area contributed by atoms with Gasteiger partial charge in [-0.05, 0) is 6.92 Å². The number of hydrogen-bond donors (Lipinski definition) is 2. The van der Waals surface area contributed by atoms with E-state index >= 15 is 0 Å². The Balaban J connectivity index is 0.000000291. The van der Waals surface area contributed by atoms with Gasteiger partial charge >= 0.3 is 0 Å². The molecule has 0 aromatic heterocycles. The second-order valence-corrected chi connectivity index (χ2v) is 1.66. The van der Waals surface area contributed by atoms with E-state index in [9.17, 15) is 0 Å². The number of nitrogens with zero attached hydrogens (tertiary/aromatic N) is 1. The minimum Gasteiger partial charge on any atom is -0.307 e. The van der Waals surface area contributed by atoms with Crippen molar-refractivity contribution >= 4 is 0 Å². The van der Waals surface area contributed by atoms with Crippen LogP contribution in [0.25, 0.3) is 0 Å². The van der Waals surface area contributed by atoms with Gasteiger partial charge in [0.15, 0.2) is 0 Å². The second-order valence-electron chi connectivity index (χ2n) is 1.66. The fourth-order valence-corrected chi connectivity index (χ4v) is 0.531. The Labute approximate surface area is 56.7 Å². The summed E-state index contributed by atoms with van der Waals surface area (Å²) in [6.45, 7) is 6.00. The molecule has 1 rings (SSSR count). The molecule has 0 bridgehead atoms. The van der Waals surface area contributed by atoms with E-state index in [4.69, 9.17) is 0 Å². The smallest absolute Gasteiger partial charge is 0.0422 e. The van der Waals surface area contributed by atoms with E-state index in [-0.39, 0.29) is 0 Å². The third-order valence-corrected chi connectivity index (χ3v) is 0.817. The monoisotopic (exact) mass is 129 g/mol. The van der Waals surface area contributed by atoms with Crippen molar-refractivity contribution in [2.45, 2.75) is 20.8 Å². The predicted octanol–water partition coefficient (Wildman–Crippen LogP) is 0.828. The van der Waals surface area contributed by atoms with Crippen LogP contribution in [0.4, 0.5) is 0 Å². The van der Waals surface area contributed by atoms with Gasteiger partial charge in [-0.15, -0.1) is 5.53 Å². The Bertz CT molecular complexity index is 98.5. The van der Waals surface area contributed by atoms with E-state index in [0.29, 0.717) is 0 Å². The summed E-state index contributed by atoms with van der Waals surface area (Å²) in [7, 11) is 1.93. The van der Waals surface area contributed by atoms with Gasteiger partial charge in [0.05, 0.1) is 0 Å². The first-order chi connectivity index (χ1) is 4.29. The first kappa shape index (κ1) is 8.30. The van der Waals surface area contributed by atoms with E-state index in [1.54, 1.807) is 0 Å². The molecule has 0 aliphatic carbocycles. The number of nitrogens with one attached hydrogen (secondary N) is 2. The van der Waals surface area contributed by atoms with E-state index in [1.807, 2.05) is 39.0 Å². The van der Waals surface area contributed by atoms with E-state index in [2.05, 4.69) is 11.0 Å². The molecule has 0 radical (unpaired) electrons. The molecule has 0 aromatic rings. The molecule has 3 nitrogen and oxygen atoms in total. The number of allylic oxidation sites excluding steroid dienone is 1. The molecule has 0 amide bonds. The Hall–Kier alpha value is -0.700. The van der Waals surface area contributed by atoms with Crippen LogP contribution in [0.5, 0.6) is 0 Å². The quantitative estimate of drug-likeness (QED) is 0.507. The van der Waals surface area contributed by atoms with Crippen molar-refractivity contribution in [2.24, 2.45) is 0 Å². The molecular weight excluding hydrogens is 114 g/mol. The average molecular weight is 129 g/mol. The zero-order valence-corrected chi connectivity index (χ0v) is 6.52. The van der Waals surface area contributed by atoms with Crippen molar-refractivity contribution in [2.75, 3.05) is 7.05 Å². The first-order valence-corrected chi connectivity index (χ1v) is 3.22. The summed E-state index contributed by atoms with van der Waals surface area (Å²) in [5, 5.41) is 1.86. The minimum atomic E-state index is 1.14. The van der Waals surface area contributed by atoms with Gasteiger partial charge in [0, 0.05) is 18.9 Å². The van der Waals surface area contributed by atoms with Crippen LogP contribution in [0, 0.1) is 0 Å². The molecule has 0 fully saturated rings. The summed E-state index contributed by atoms with van der Waals surface area (Å²) >= 11 is 0. The van der Waals surface area contributed by atoms with Crippen LogP contribution < -0.4 is 11.0 Å². The van der Waals surface area contributed by atoms with Gasteiger partial charge in [-0.2, -0.15) is 0 Å². The van der Waals surface area contributed by atoms with Gasteiger partial charge in [0.2, 0.25) is 0 Å². The predicted molar refractivity (Wildman–Crippen MR) is 39.1 cm³/mol. The lowest BCUT2D eigenvalue weighted by molar-refractivity contribution is 0.327. The van der Waals surface area contributed by atoms with E-state index in [0.717, 1.165) is 5.70 Å². The van der Waals surface area contributed by atoms with Crippen LogP contribution >= 0.6 is 0 Å². The fourth-order valence-electron chi connectivity index (χ4n) is 0.531. The molecule has 1 heterocycles. The molecule has 0 unspecified atom stereocenters. The molecule has 1 aliphatic rings. The molecule has 54 valence electrons. The molecule has 1 aliphatic heterocycles. The van der Waals surface area contributed by atoms with Crippen molar-refractivity contribution in [1.29, 1.82) is 0 Å². The van der Waals surface area contributed by atoms with Crippen LogP contribution in [0.3, 0.4) is 0 Å². The summed E-state index contributed by atoms with van der Waals surface area (Å²) in [5.74, 6) is 0. The zero-order chi connectivity index (χ0) is 7.28. The average Bonchev–Trinajstić information content (AvgIpc) is 2.20. The third kappa shape index (κ3) is 2.98. The molecule has 2 N–H and O–H groups in total. The van der Waals surface area contributed by atoms with Gasteiger partial charge in [0.25, 0.3) is 0 Å². The van der Waals surface area contributed by atoms with Crippen LogP contribution in [0.15, 0.2) is 11.9 Å². The van der Waals surface area contributed by atoms with Crippen molar-refractivity contribution < 1.29 is 0 Å². The van der Waals surface area contributed by atoms with Crippen molar-refractivity contribution in [3.63, 3.8) is 0 Å². The van der Waals surface area contributed by atoms with Crippen molar-refractivity contribution in [3.8, 4) is 0 Å². The lowest BCUT2D eigenvalue weighted by Crippen LogP contribution is -2.32. The maximum atomic E-state index is 2.91. The standard InChI is InChI=1S/C4H9N3.C2H6/c1-4-3-7(2)6-5-4;1-2/h3,5-6H,1-2H3;1-2H3. The van der Waals surface area contributed by atoms with Gasteiger partial charge in [-0.25, -0.2) is 0 Å². The minimum absolute atomic E-state index is 1.14. The van der Waals surface area contributed by atoms with Gasteiger partial charge in [-0.3, -0.25) is 5.01 Å². The Morgan fingerprint density at radius 3 is 2.11 bits per heavy atom. The lowest BCUT2D eigenvalue weighted by Gasteiger charge is -2.04.